The molecule has 0 bridgehead atoms. The summed E-state index contributed by atoms with van der Waals surface area (Å²) in [5.41, 5.74) is 1.04. The number of ether oxygens (including phenoxy) is 2. The summed E-state index contributed by atoms with van der Waals surface area (Å²) in [5.74, 6) is 0.700. The van der Waals surface area contributed by atoms with Crippen molar-refractivity contribution in [1.29, 1.82) is 0 Å². The molecule has 2 fully saturated rings. The summed E-state index contributed by atoms with van der Waals surface area (Å²) < 4.78 is 10.8. The van der Waals surface area contributed by atoms with Crippen LogP contribution in [-0.2, 0) is 20.9 Å². The highest BCUT2D eigenvalue weighted by atomic mass is 16.5. The van der Waals surface area contributed by atoms with Gasteiger partial charge in [-0.3, -0.25) is 9.59 Å². The van der Waals surface area contributed by atoms with Crippen LogP contribution in [0.3, 0.4) is 0 Å². The van der Waals surface area contributed by atoms with Crippen LogP contribution in [-0.4, -0.2) is 61.1 Å². The van der Waals surface area contributed by atoms with Crippen LogP contribution in [0, 0.1) is 5.92 Å². The molecule has 2 aliphatic heterocycles. The first-order valence-corrected chi connectivity index (χ1v) is 8.91. The molecule has 6 nitrogen and oxygen atoms in total. The van der Waals surface area contributed by atoms with E-state index in [1.807, 2.05) is 29.2 Å². The van der Waals surface area contributed by atoms with E-state index in [9.17, 15) is 9.59 Å². The van der Waals surface area contributed by atoms with E-state index in [1.54, 1.807) is 12.0 Å². The predicted molar refractivity (Wildman–Crippen MR) is 93.1 cm³/mol. The van der Waals surface area contributed by atoms with Gasteiger partial charge < -0.3 is 19.3 Å². The molecule has 0 unspecified atom stereocenters. The number of likely N-dealkylation sites (tertiary alicyclic amines) is 1. The lowest BCUT2D eigenvalue weighted by molar-refractivity contribution is -0.143. The molecule has 1 aromatic carbocycles. The van der Waals surface area contributed by atoms with Gasteiger partial charge in [0.25, 0.3) is 0 Å². The van der Waals surface area contributed by atoms with Crippen LogP contribution in [0.2, 0.25) is 0 Å². The SMILES string of the molecule is CC[C@@H]1CN(C(=O)[C@@H]2CC(=O)N(Cc3ccc(OC)cc3)C2)CCO1. The third-order valence-electron chi connectivity index (χ3n) is 5.00. The number of amides is 2. The number of methoxy groups -OCH3 is 1. The molecule has 2 atom stereocenters. The second-order valence-corrected chi connectivity index (χ2v) is 6.71. The maximum atomic E-state index is 12.8. The van der Waals surface area contributed by atoms with Gasteiger partial charge in [-0.15, -0.1) is 0 Å². The zero-order chi connectivity index (χ0) is 17.8. The molecule has 0 aliphatic carbocycles. The van der Waals surface area contributed by atoms with Crippen molar-refractivity contribution in [2.75, 3.05) is 33.4 Å². The molecule has 6 heteroatoms. The maximum Gasteiger partial charge on any atom is 0.228 e. The zero-order valence-electron chi connectivity index (χ0n) is 14.9. The fourth-order valence-corrected chi connectivity index (χ4v) is 3.47. The quantitative estimate of drug-likeness (QED) is 0.814. The van der Waals surface area contributed by atoms with Gasteiger partial charge in [-0.25, -0.2) is 0 Å². The monoisotopic (exact) mass is 346 g/mol. The Balaban J connectivity index is 1.58. The summed E-state index contributed by atoms with van der Waals surface area (Å²) in [6, 6.07) is 7.68. The van der Waals surface area contributed by atoms with Crippen molar-refractivity contribution in [3.63, 3.8) is 0 Å². The van der Waals surface area contributed by atoms with Gasteiger partial charge in [0.2, 0.25) is 11.8 Å². The molecule has 136 valence electrons. The van der Waals surface area contributed by atoms with Gasteiger partial charge >= 0.3 is 0 Å². The van der Waals surface area contributed by atoms with E-state index in [2.05, 4.69) is 6.92 Å². The molecule has 0 spiro atoms. The van der Waals surface area contributed by atoms with E-state index in [1.165, 1.54) is 0 Å². The van der Waals surface area contributed by atoms with E-state index in [0.717, 1.165) is 17.7 Å². The van der Waals surface area contributed by atoms with Gasteiger partial charge in [0.05, 0.1) is 25.7 Å². The molecule has 0 N–H and O–H groups in total. The van der Waals surface area contributed by atoms with Gasteiger partial charge in [0, 0.05) is 32.6 Å². The number of carbonyl (C=O) groups excluding carboxylic acids is 2. The van der Waals surface area contributed by atoms with Crippen molar-refractivity contribution < 1.29 is 19.1 Å². The molecule has 1 aromatic rings. The minimum absolute atomic E-state index is 0.0504. The number of benzene rings is 1. The lowest BCUT2D eigenvalue weighted by Gasteiger charge is -2.34. The highest BCUT2D eigenvalue weighted by Gasteiger charge is 2.37. The van der Waals surface area contributed by atoms with E-state index in [4.69, 9.17) is 9.47 Å². The van der Waals surface area contributed by atoms with E-state index in [-0.39, 0.29) is 23.8 Å². The van der Waals surface area contributed by atoms with Crippen LogP contribution in [0.1, 0.15) is 25.3 Å². The molecular formula is C19H26N2O4. The molecule has 0 saturated carbocycles. The summed E-state index contributed by atoms with van der Waals surface area (Å²) in [4.78, 5) is 28.7. The third kappa shape index (κ3) is 4.12. The fraction of sp³-hybridized carbons (Fsp3) is 0.579. The molecule has 25 heavy (non-hydrogen) atoms. The van der Waals surface area contributed by atoms with Gasteiger partial charge in [0.1, 0.15) is 5.75 Å². The molecule has 2 heterocycles. The second kappa shape index (κ2) is 7.87. The number of hydrogen-bond donors (Lipinski definition) is 0. The van der Waals surface area contributed by atoms with Gasteiger partial charge in [0.15, 0.2) is 0 Å². The molecular weight excluding hydrogens is 320 g/mol. The molecule has 0 radical (unpaired) electrons. The Hall–Kier alpha value is -2.08. The number of carbonyl (C=O) groups is 2. The number of rotatable bonds is 5. The number of hydrogen-bond acceptors (Lipinski definition) is 4. The highest BCUT2D eigenvalue weighted by Crippen LogP contribution is 2.24. The Morgan fingerprint density at radius 3 is 2.72 bits per heavy atom. The van der Waals surface area contributed by atoms with E-state index >= 15 is 0 Å². The van der Waals surface area contributed by atoms with Crippen LogP contribution in [0.4, 0.5) is 0 Å². The Morgan fingerprint density at radius 1 is 1.28 bits per heavy atom. The first kappa shape index (κ1) is 17.7. The highest BCUT2D eigenvalue weighted by molar-refractivity contribution is 5.89. The van der Waals surface area contributed by atoms with Gasteiger partial charge in [-0.1, -0.05) is 19.1 Å². The largest absolute Gasteiger partial charge is 0.497 e. The molecule has 2 amide bonds. The second-order valence-electron chi connectivity index (χ2n) is 6.71. The topological polar surface area (TPSA) is 59.1 Å². The summed E-state index contributed by atoms with van der Waals surface area (Å²) in [6.45, 7) is 4.94. The minimum Gasteiger partial charge on any atom is -0.497 e. The summed E-state index contributed by atoms with van der Waals surface area (Å²) in [7, 11) is 1.63. The van der Waals surface area contributed by atoms with Crippen molar-refractivity contribution >= 4 is 11.8 Å². The Kier molecular flexibility index (Phi) is 5.58. The van der Waals surface area contributed by atoms with Crippen molar-refractivity contribution in [2.45, 2.75) is 32.4 Å². The van der Waals surface area contributed by atoms with Crippen molar-refractivity contribution in [2.24, 2.45) is 5.92 Å². The van der Waals surface area contributed by atoms with Gasteiger partial charge in [-0.2, -0.15) is 0 Å². The Bertz CT molecular complexity index is 616. The maximum absolute atomic E-state index is 12.8. The number of morpholine rings is 1. The lowest BCUT2D eigenvalue weighted by atomic mass is 10.1. The first-order chi connectivity index (χ1) is 12.1. The van der Waals surface area contributed by atoms with E-state index in [0.29, 0.717) is 39.2 Å². The summed E-state index contributed by atoms with van der Waals surface area (Å²) in [6.07, 6.45) is 1.32. The Labute approximate surface area is 148 Å². The van der Waals surface area contributed by atoms with E-state index < -0.39 is 0 Å². The van der Waals surface area contributed by atoms with Crippen LogP contribution in [0.5, 0.6) is 5.75 Å². The molecule has 3 rings (SSSR count). The average molecular weight is 346 g/mol. The van der Waals surface area contributed by atoms with Crippen molar-refractivity contribution in [3.8, 4) is 5.75 Å². The molecule has 2 aliphatic rings. The Morgan fingerprint density at radius 2 is 2.04 bits per heavy atom. The fourth-order valence-electron chi connectivity index (χ4n) is 3.47. The van der Waals surface area contributed by atoms with Gasteiger partial charge in [-0.05, 0) is 24.1 Å². The zero-order valence-corrected chi connectivity index (χ0v) is 14.9. The molecule has 2 saturated heterocycles. The average Bonchev–Trinajstić information content (AvgIpc) is 3.02. The summed E-state index contributed by atoms with van der Waals surface area (Å²) in [5, 5.41) is 0. The van der Waals surface area contributed by atoms with Crippen molar-refractivity contribution in [1.82, 2.24) is 9.80 Å². The number of nitrogens with zero attached hydrogens (tertiary/aromatic N) is 2. The van der Waals surface area contributed by atoms with Crippen LogP contribution in [0.15, 0.2) is 24.3 Å². The predicted octanol–water partition coefficient (Wildman–Crippen LogP) is 1.68. The minimum atomic E-state index is -0.235. The normalized spacial score (nSPS) is 23.8. The van der Waals surface area contributed by atoms with Crippen LogP contribution in [0.25, 0.3) is 0 Å². The summed E-state index contributed by atoms with van der Waals surface area (Å²) >= 11 is 0. The van der Waals surface area contributed by atoms with Crippen molar-refractivity contribution in [3.05, 3.63) is 29.8 Å². The van der Waals surface area contributed by atoms with Crippen LogP contribution >= 0.6 is 0 Å². The lowest BCUT2D eigenvalue weighted by Crippen LogP contribution is -2.48. The molecule has 0 aromatic heterocycles. The third-order valence-corrected chi connectivity index (χ3v) is 5.00. The van der Waals surface area contributed by atoms with Crippen LogP contribution < -0.4 is 4.74 Å². The smallest absolute Gasteiger partial charge is 0.228 e. The first-order valence-electron chi connectivity index (χ1n) is 8.91. The standard InChI is InChI=1S/C19H26N2O4/c1-3-16-13-20(8-9-25-16)19(23)15-10-18(22)21(12-15)11-14-4-6-17(24-2)7-5-14/h4-7,15-16H,3,8-13H2,1-2H3/t15-,16-/m1/s1.